The predicted octanol–water partition coefficient (Wildman–Crippen LogP) is 2.00. The topological polar surface area (TPSA) is 75.7 Å². The third kappa shape index (κ3) is 5.89. The molecular weight excluding hydrogens is 320 g/mol. The number of esters is 1. The van der Waals surface area contributed by atoms with E-state index in [1.165, 1.54) is 0 Å². The molecule has 2 rings (SSSR count). The molecule has 0 aromatic heterocycles. The maximum atomic E-state index is 12.2. The largest absolute Gasteiger partial charge is 0.466 e. The van der Waals surface area contributed by atoms with E-state index in [2.05, 4.69) is 5.32 Å². The molecule has 1 heterocycles. The molecule has 1 aliphatic heterocycles. The van der Waals surface area contributed by atoms with E-state index in [9.17, 15) is 14.4 Å². The van der Waals surface area contributed by atoms with Crippen molar-refractivity contribution in [1.82, 2.24) is 10.2 Å². The van der Waals surface area contributed by atoms with Crippen LogP contribution in [-0.4, -0.2) is 48.9 Å². The van der Waals surface area contributed by atoms with Crippen molar-refractivity contribution in [2.45, 2.75) is 32.6 Å². The third-order valence-electron chi connectivity index (χ3n) is 4.36. The van der Waals surface area contributed by atoms with Gasteiger partial charge in [0.2, 0.25) is 5.91 Å². The lowest BCUT2D eigenvalue weighted by atomic mass is 9.97. The maximum Gasteiger partial charge on any atom is 0.309 e. The molecule has 1 fully saturated rings. The van der Waals surface area contributed by atoms with Gasteiger partial charge >= 0.3 is 5.97 Å². The van der Waals surface area contributed by atoms with Crippen LogP contribution in [0.2, 0.25) is 0 Å². The van der Waals surface area contributed by atoms with Gasteiger partial charge in [0.15, 0.2) is 0 Å². The number of amides is 2. The number of hydrogen-bond acceptors (Lipinski definition) is 4. The van der Waals surface area contributed by atoms with Crippen molar-refractivity contribution in [2.75, 3.05) is 26.2 Å². The summed E-state index contributed by atoms with van der Waals surface area (Å²) in [5.74, 6) is -0.285. The molecule has 0 saturated carbocycles. The second-order valence-electron chi connectivity index (χ2n) is 6.13. The van der Waals surface area contributed by atoms with Gasteiger partial charge in [-0.05, 0) is 38.3 Å². The van der Waals surface area contributed by atoms with Crippen LogP contribution in [0.25, 0.3) is 0 Å². The van der Waals surface area contributed by atoms with Crippen molar-refractivity contribution in [1.29, 1.82) is 0 Å². The minimum absolute atomic E-state index is 0.0799. The first-order valence-electron chi connectivity index (χ1n) is 8.89. The van der Waals surface area contributed by atoms with Crippen LogP contribution in [-0.2, 0) is 14.3 Å². The molecule has 1 aromatic rings. The highest BCUT2D eigenvalue weighted by molar-refractivity contribution is 5.94. The van der Waals surface area contributed by atoms with E-state index in [4.69, 9.17) is 4.74 Å². The first-order valence-corrected chi connectivity index (χ1v) is 8.89. The lowest BCUT2D eigenvalue weighted by molar-refractivity contribution is -0.151. The molecule has 0 unspecified atom stereocenters. The number of hydrogen-bond donors (Lipinski definition) is 1. The average molecular weight is 346 g/mol. The Morgan fingerprint density at radius 1 is 1.16 bits per heavy atom. The molecule has 0 spiro atoms. The molecule has 6 heteroatoms. The molecule has 1 N–H and O–H groups in total. The van der Waals surface area contributed by atoms with Crippen LogP contribution in [0.3, 0.4) is 0 Å². The minimum Gasteiger partial charge on any atom is -0.466 e. The second kappa shape index (κ2) is 9.81. The van der Waals surface area contributed by atoms with Crippen molar-refractivity contribution in [3.63, 3.8) is 0 Å². The van der Waals surface area contributed by atoms with E-state index in [0.717, 1.165) is 0 Å². The Labute approximate surface area is 148 Å². The standard InChI is InChI=1S/C19H26N2O4/c1-2-25-19(24)16-10-13-21(14-11-16)17(22)9-6-12-20-18(23)15-7-4-3-5-8-15/h3-5,7-8,16H,2,6,9-14H2,1H3,(H,20,23). The number of rotatable bonds is 7. The zero-order chi connectivity index (χ0) is 18.1. The van der Waals surface area contributed by atoms with Gasteiger partial charge in [-0.15, -0.1) is 0 Å². The van der Waals surface area contributed by atoms with Crippen LogP contribution in [0.4, 0.5) is 0 Å². The van der Waals surface area contributed by atoms with Gasteiger partial charge < -0.3 is 15.0 Å². The first-order chi connectivity index (χ1) is 12.1. The normalized spacial score (nSPS) is 14.8. The molecule has 1 aromatic carbocycles. The summed E-state index contributed by atoms with van der Waals surface area (Å²) in [7, 11) is 0. The predicted molar refractivity (Wildman–Crippen MR) is 93.9 cm³/mol. The molecule has 0 bridgehead atoms. The van der Waals surface area contributed by atoms with Crippen LogP contribution in [0.5, 0.6) is 0 Å². The fraction of sp³-hybridized carbons (Fsp3) is 0.526. The van der Waals surface area contributed by atoms with Crippen LogP contribution in [0, 0.1) is 5.92 Å². The van der Waals surface area contributed by atoms with E-state index < -0.39 is 0 Å². The van der Waals surface area contributed by atoms with Gasteiger partial charge in [0, 0.05) is 31.6 Å². The summed E-state index contributed by atoms with van der Waals surface area (Å²) in [6.07, 6.45) is 2.33. The van der Waals surface area contributed by atoms with Crippen LogP contribution < -0.4 is 5.32 Å². The zero-order valence-electron chi connectivity index (χ0n) is 14.7. The quantitative estimate of drug-likeness (QED) is 0.605. The highest BCUT2D eigenvalue weighted by Gasteiger charge is 2.27. The van der Waals surface area contributed by atoms with Crippen molar-refractivity contribution in [3.05, 3.63) is 35.9 Å². The third-order valence-corrected chi connectivity index (χ3v) is 4.36. The van der Waals surface area contributed by atoms with E-state index >= 15 is 0 Å². The highest BCUT2D eigenvalue weighted by Crippen LogP contribution is 2.19. The summed E-state index contributed by atoms with van der Waals surface area (Å²) in [6.45, 7) is 3.86. The zero-order valence-corrected chi connectivity index (χ0v) is 14.7. The number of carbonyl (C=O) groups excluding carboxylic acids is 3. The molecule has 136 valence electrons. The number of piperidine rings is 1. The second-order valence-corrected chi connectivity index (χ2v) is 6.13. The van der Waals surface area contributed by atoms with Gasteiger partial charge in [0.1, 0.15) is 0 Å². The Balaban J connectivity index is 1.63. The van der Waals surface area contributed by atoms with Crippen molar-refractivity contribution >= 4 is 17.8 Å². The number of benzene rings is 1. The number of nitrogens with one attached hydrogen (secondary N) is 1. The Bertz CT molecular complexity index is 580. The molecular formula is C19H26N2O4. The van der Waals surface area contributed by atoms with Crippen molar-refractivity contribution < 1.29 is 19.1 Å². The molecule has 25 heavy (non-hydrogen) atoms. The van der Waals surface area contributed by atoms with E-state index in [0.29, 0.717) is 57.5 Å². The van der Waals surface area contributed by atoms with Crippen LogP contribution in [0.15, 0.2) is 30.3 Å². The lowest BCUT2D eigenvalue weighted by Gasteiger charge is -2.31. The molecule has 0 aliphatic carbocycles. The van der Waals surface area contributed by atoms with Gasteiger partial charge in [-0.1, -0.05) is 18.2 Å². The Morgan fingerprint density at radius 2 is 1.84 bits per heavy atom. The first kappa shape index (κ1) is 19.0. The number of likely N-dealkylation sites (tertiary alicyclic amines) is 1. The van der Waals surface area contributed by atoms with Gasteiger partial charge in [0.25, 0.3) is 5.91 Å². The van der Waals surface area contributed by atoms with Gasteiger partial charge in [-0.2, -0.15) is 0 Å². The number of nitrogens with zero attached hydrogens (tertiary/aromatic N) is 1. The minimum atomic E-state index is -0.154. The van der Waals surface area contributed by atoms with Gasteiger partial charge in [-0.25, -0.2) is 0 Å². The van der Waals surface area contributed by atoms with E-state index in [1.807, 2.05) is 18.2 Å². The van der Waals surface area contributed by atoms with Crippen molar-refractivity contribution in [3.8, 4) is 0 Å². The maximum absolute atomic E-state index is 12.2. The molecule has 6 nitrogen and oxygen atoms in total. The van der Waals surface area contributed by atoms with E-state index in [1.54, 1.807) is 24.0 Å². The summed E-state index contributed by atoms with van der Waals surface area (Å²) >= 11 is 0. The van der Waals surface area contributed by atoms with Gasteiger partial charge in [-0.3, -0.25) is 14.4 Å². The lowest BCUT2D eigenvalue weighted by Crippen LogP contribution is -2.40. The number of carbonyl (C=O) groups is 3. The molecule has 0 radical (unpaired) electrons. The Kier molecular flexibility index (Phi) is 7.44. The van der Waals surface area contributed by atoms with Gasteiger partial charge in [0.05, 0.1) is 12.5 Å². The summed E-state index contributed by atoms with van der Waals surface area (Å²) in [5.41, 5.74) is 0.620. The number of ether oxygens (including phenoxy) is 1. The Morgan fingerprint density at radius 3 is 2.48 bits per heavy atom. The SMILES string of the molecule is CCOC(=O)C1CCN(C(=O)CCCNC(=O)c2ccccc2)CC1. The van der Waals surface area contributed by atoms with Crippen LogP contribution >= 0.6 is 0 Å². The van der Waals surface area contributed by atoms with E-state index in [-0.39, 0.29) is 23.7 Å². The summed E-state index contributed by atoms with van der Waals surface area (Å²) in [4.78, 5) is 37.6. The highest BCUT2D eigenvalue weighted by atomic mass is 16.5. The molecule has 2 amide bonds. The molecule has 1 aliphatic rings. The molecule has 1 saturated heterocycles. The monoisotopic (exact) mass is 346 g/mol. The average Bonchev–Trinajstić information content (AvgIpc) is 2.66. The van der Waals surface area contributed by atoms with Crippen molar-refractivity contribution in [2.24, 2.45) is 5.92 Å². The summed E-state index contributed by atoms with van der Waals surface area (Å²) < 4.78 is 5.03. The summed E-state index contributed by atoms with van der Waals surface area (Å²) in [5, 5.41) is 2.82. The molecule has 0 atom stereocenters. The fourth-order valence-electron chi connectivity index (χ4n) is 2.92. The smallest absolute Gasteiger partial charge is 0.309 e. The fourth-order valence-corrected chi connectivity index (χ4v) is 2.92. The summed E-state index contributed by atoms with van der Waals surface area (Å²) in [6, 6.07) is 9.01. The van der Waals surface area contributed by atoms with Crippen LogP contribution in [0.1, 0.15) is 43.0 Å². The Hall–Kier alpha value is -2.37.